The van der Waals surface area contributed by atoms with Crippen LogP contribution in [0.2, 0.25) is 0 Å². The minimum Gasteiger partial charge on any atom is -0.333 e. The summed E-state index contributed by atoms with van der Waals surface area (Å²) in [6, 6.07) is 38.6. The molecule has 5 aromatic carbocycles. The van der Waals surface area contributed by atoms with Crippen molar-refractivity contribution in [1.29, 1.82) is 0 Å². The van der Waals surface area contributed by atoms with Gasteiger partial charge in [-0.3, -0.25) is 14.4 Å². The van der Waals surface area contributed by atoms with E-state index in [1.165, 1.54) is 5.01 Å². The lowest BCUT2D eigenvalue weighted by molar-refractivity contribution is -0.157. The molecule has 2 N–H and O–H groups in total. The Bertz CT molecular complexity index is 2130. The number of benzene rings is 5. The summed E-state index contributed by atoms with van der Waals surface area (Å²) in [5.41, 5.74) is 3.87. The van der Waals surface area contributed by atoms with Crippen LogP contribution in [-0.2, 0) is 29.1 Å². The Morgan fingerprint density at radius 2 is 1.50 bits per heavy atom. The van der Waals surface area contributed by atoms with E-state index in [1.54, 1.807) is 51.2 Å². The van der Waals surface area contributed by atoms with Gasteiger partial charge in [-0.2, -0.15) is 5.01 Å². The molecule has 2 fully saturated rings. The first-order valence-electron chi connectivity index (χ1n) is 17.2. The first-order valence-corrected chi connectivity index (χ1v) is 17.2. The summed E-state index contributed by atoms with van der Waals surface area (Å²) in [6.07, 6.45) is 5.37. The fourth-order valence-electron chi connectivity index (χ4n) is 7.00. The molecule has 5 amide bonds. The largest absolute Gasteiger partial charge is 0.333 e. The van der Waals surface area contributed by atoms with Crippen LogP contribution in [0.25, 0.3) is 10.8 Å². The van der Waals surface area contributed by atoms with E-state index in [1.807, 2.05) is 91.0 Å². The second kappa shape index (κ2) is 15.2. The van der Waals surface area contributed by atoms with Crippen molar-refractivity contribution in [3.05, 3.63) is 150 Å². The smallest absolute Gasteiger partial charge is 0.333 e. The van der Waals surface area contributed by atoms with Gasteiger partial charge < -0.3 is 20.4 Å². The van der Waals surface area contributed by atoms with Crippen LogP contribution in [0, 0.1) is 12.3 Å². The van der Waals surface area contributed by atoms with Gasteiger partial charge in [-0.05, 0) is 51.7 Å². The monoisotopic (exact) mass is 690 g/mol. The molecule has 0 unspecified atom stereocenters. The summed E-state index contributed by atoms with van der Waals surface area (Å²) in [5.74, 6) is 1.90. The van der Waals surface area contributed by atoms with E-state index in [9.17, 15) is 19.2 Å². The second-order valence-corrected chi connectivity index (χ2v) is 12.9. The number of urea groups is 1. The number of hydrogen-bond acceptors (Lipinski definition) is 5. The quantitative estimate of drug-likeness (QED) is 0.194. The third-order valence-corrected chi connectivity index (χ3v) is 9.56. The molecule has 0 bridgehead atoms. The van der Waals surface area contributed by atoms with E-state index in [-0.39, 0.29) is 50.3 Å². The van der Waals surface area contributed by atoms with Gasteiger partial charge in [0, 0.05) is 30.8 Å². The molecule has 0 saturated carbocycles. The molecule has 2 atom stereocenters. The lowest BCUT2D eigenvalue weighted by Crippen LogP contribution is -2.66. The highest BCUT2D eigenvalue weighted by atomic mass is 16.2. The minimum absolute atomic E-state index is 0.0592. The first-order chi connectivity index (χ1) is 25.4. The maximum atomic E-state index is 14.5. The van der Waals surface area contributed by atoms with Gasteiger partial charge in [-0.15, -0.1) is 6.42 Å². The number of anilines is 1. The molecule has 0 spiro atoms. The van der Waals surface area contributed by atoms with Gasteiger partial charge >= 0.3 is 6.03 Å². The molecule has 0 radical (unpaired) electrons. The number of rotatable bonds is 10. The van der Waals surface area contributed by atoms with Crippen LogP contribution < -0.4 is 10.6 Å². The van der Waals surface area contributed by atoms with Crippen molar-refractivity contribution in [2.24, 2.45) is 0 Å². The predicted molar refractivity (Wildman–Crippen MR) is 199 cm³/mol. The van der Waals surface area contributed by atoms with Gasteiger partial charge in [-0.25, -0.2) is 9.80 Å². The highest BCUT2D eigenvalue weighted by Gasteiger charge is 2.52. The number of amides is 5. The highest BCUT2D eigenvalue weighted by molar-refractivity contribution is 6.04. The maximum Gasteiger partial charge on any atom is 0.333 e. The molecule has 2 saturated heterocycles. The molecule has 2 aliphatic rings. The number of carbonyl (C=O) groups is 4. The van der Waals surface area contributed by atoms with Crippen LogP contribution in [0.5, 0.6) is 0 Å². The van der Waals surface area contributed by atoms with Crippen molar-refractivity contribution in [3.8, 4) is 12.3 Å². The Balaban J connectivity index is 1.16. The number of piperazine rings is 1. The molecule has 260 valence electrons. The SMILES string of the molecule is C#CCN(C(=O)NCc1ccccc1)N1CC(=O)N2[C@@H](Cc3ccc(NC(=O)c4ccccc4)cc3)C(=O)N(Cc3cccc4ccccc34)C[C@@H]21. The van der Waals surface area contributed by atoms with E-state index in [4.69, 9.17) is 6.42 Å². The zero-order chi connectivity index (χ0) is 36.0. The average Bonchev–Trinajstić information content (AvgIpc) is 3.50. The van der Waals surface area contributed by atoms with Crippen LogP contribution in [0.4, 0.5) is 10.5 Å². The number of terminal acetylenes is 1. The molecular formula is C42H38N6O4. The van der Waals surface area contributed by atoms with Gasteiger partial charge in [0.05, 0.1) is 19.6 Å². The normalized spacial score (nSPS) is 17.1. The summed E-state index contributed by atoms with van der Waals surface area (Å²) in [7, 11) is 0. The summed E-state index contributed by atoms with van der Waals surface area (Å²) in [4.78, 5) is 58.1. The van der Waals surface area contributed by atoms with Gasteiger partial charge in [0.2, 0.25) is 11.8 Å². The fraction of sp³-hybridized carbons (Fsp3) is 0.190. The third kappa shape index (κ3) is 7.22. The molecule has 10 heteroatoms. The minimum atomic E-state index is -0.837. The molecule has 2 aliphatic heterocycles. The van der Waals surface area contributed by atoms with Crippen molar-refractivity contribution in [2.45, 2.75) is 31.7 Å². The van der Waals surface area contributed by atoms with Crippen LogP contribution in [0.15, 0.2) is 127 Å². The molecule has 2 heterocycles. The van der Waals surface area contributed by atoms with Crippen LogP contribution >= 0.6 is 0 Å². The summed E-state index contributed by atoms with van der Waals surface area (Å²) in [5, 5.41) is 11.0. The maximum absolute atomic E-state index is 14.5. The average molecular weight is 691 g/mol. The number of nitrogens with zero attached hydrogens (tertiary/aromatic N) is 4. The second-order valence-electron chi connectivity index (χ2n) is 12.9. The number of hydrogen-bond donors (Lipinski definition) is 2. The summed E-state index contributed by atoms with van der Waals surface area (Å²) >= 11 is 0. The van der Waals surface area contributed by atoms with Crippen LogP contribution in [-0.4, -0.2) is 75.4 Å². The van der Waals surface area contributed by atoms with E-state index in [0.717, 1.165) is 27.5 Å². The highest BCUT2D eigenvalue weighted by Crippen LogP contribution is 2.31. The standard InChI is InChI=1S/C42H38N6O4/c1-2-24-46(42(52)43-26-31-12-5-3-6-13-31)47-29-39(49)48-37(25-30-20-22-35(23-21-30)44-40(50)33-15-7-4-8-16-33)41(51)45(28-38(47)48)27-34-18-11-17-32-14-9-10-19-36(32)34/h1,3-23,37-38H,24-29H2,(H,43,52)(H,44,50)/t37-,38+/m0/s1. The van der Waals surface area contributed by atoms with Gasteiger partial charge in [0.25, 0.3) is 5.91 Å². The Labute approximate surface area is 302 Å². The predicted octanol–water partition coefficient (Wildman–Crippen LogP) is 5.28. The Morgan fingerprint density at radius 1 is 0.808 bits per heavy atom. The summed E-state index contributed by atoms with van der Waals surface area (Å²) in [6.45, 7) is 0.620. The van der Waals surface area contributed by atoms with E-state index in [2.05, 4.69) is 16.6 Å². The van der Waals surface area contributed by atoms with Gasteiger partial charge in [0.15, 0.2) is 0 Å². The van der Waals surface area contributed by atoms with E-state index >= 15 is 0 Å². The molecule has 10 nitrogen and oxygen atoms in total. The molecule has 7 rings (SSSR count). The van der Waals surface area contributed by atoms with E-state index in [0.29, 0.717) is 17.8 Å². The fourth-order valence-corrected chi connectivity index (χ4v) is 7.00. The van der Waals surface area contributed by atoms with Crippen molar-refractivity contribution in [3.63, 3.8) is 0 Å². The van der Waals surface area contributed by atoms with Crippen molar-refractivity contribution >= 4 is 40.2 Å². The van der Waals surface area contributed by atoms with E-state index < -0.39 is 18.2 Å². The zero-order valence-corrected chi connectivity index (χ0v) is 28.5. The molecule has 0 aliphatic carbocycles. The van der Waals surface area contributed by atoms with Crippen molar-refractivity contribution in [1.82, 2.24) is 25.1 Å². The Hall–Kier alpha value is -6.44. The molecule has 52 heavy (non-hydrogen) atoms. The first kappa shape index (κ1) is 34.0. The Kier molecular flexibility index (Phi) is 9.95. The number of carbonyl (C=O) groups excluding carboxylic acids is 4. The number of fused-ring (bicyclic) bond motifs is 2. The number of hydrazine groups is 1. The zero-order valence-electron chi connectivity index (χ0n) is 28.5. The lowest BCUT2D eigenvalue weighted by atomic mass is 9.98. The molecule has 0 aromatic heterocycles. The Morgan fingerprint density at radius 3 is 2.25 bits per heavy atom. The van der Waals surface area contributed by atoms with Crippen molar-refractivity contribution in [2.75, 3.05) is 25.0 Å². The van der Waals surface area contributed by atoms with Crippen molar-refractivity contribution < 1.29 is 19.2 Å². The van der Waals surface area contributed by atoms with Crippen LogP contribution in [0.3, 0.4) is 0 Å². The van der Waals surface area contributed by atoms with Crippen LogP contribution in [0.1, 0.15) is 27.0 Å². The third-order valence-electron chi connectivity index (χ3n) is 9.56. The topological polar surface area (TPSA) is 105 Å². The van der Waals surface area contributed by atoms with Gasteiger partial charge in [0.1, 0.15) is 12.2 Å². The summed E-state index contributed by atoms with van der Waals surface area (Å²) < 4.78 is 0. The van der Waals surface area contributed by atoms with Gasteiger partial charge in [-0.1, -0.05) is 109 Å². The lowest BCUT2D eigenvalue weighted by Gasteiger charge is -2.46. The molecular weight excluding hydrogens is 653 g/mol. The molecule has 5 aromatic rings. The number of nitrogens with one attached hydrogen (secondary N) is 2.